The molecule has 2 bridgehead atoms. The number of hydrogen-bond acceptors (Lipinski definition) is 6. The lowest BCUT2D eigenvalue weighted by Gasteiger charge is -2.64. The summed E-state index contributed by atoms with van der Waals surface area (Å²) in [5.74, 6) is 1.29. The third-order valence-electron chi connectivity index (χ3n) is 9.68. The van der Waals surface area contributed by atoms with Crippen molar-refractivity contribution in [3.63, 3.8) is 0 Å². The highest BCUT2D eigenvalue weighted by Crippen LogP contribution is 2.66. The fourth-order valence-corrected chi connectivity index (χ4v) is 7.78. The minimum Gasteiger partial charge on any atom is -0.504 e. The van der Waals surface area contributed by atoms with Crippen LogP contribution in [0.4, 0.5) is 0 Å². The van der Waals surface area contributed by atoms with Gasteiger partial charge in [-0.05, 0) is 80.3 Å². The van der Waals surface area contributed by atoms with Crippen molar-refractivity contribution in [1.29, 1.82) is 0 Å². The van der Waals surface area contributed by atoms with Crippen molar-refractivity contribution >= 4 is 12.0 Å². The van der Waals surface area contributed by atoms with Crippen molar-refractivity contribution in [1.82, 2.24) is 14.8 Å². The number of carbonyl (C=O) groups is 1. The molecule has 2 saturated carbocycles. The summed E-state index contributed by atoms with van der Waals surface area (Å²) in [5, 5.41) is 23.4. The average molecular weight is 488 g/mol. The van der Waals surface area contributed by atoms with Crippen molar-refractivity contribution in [2.24, 2.45) is 5.92 Å². The van der Waals surface area contributed by atoms with Gasteiger partial charge in [-0.15, -0.1) is 0 Å². The van der Waals surface area contributed by atoms with Crippen molar-refractivity contribution < 1.29 is 19.7 Å². The summed E-state index contributed by atoms with van der Waals surface area (Å²) in [6.45, 7) is 1.96. The summed E-state index contributed by atoms with van der Waals surface area (Å²) in [6.07, 6.45) is 11.8. The summed E-state index contributed by atoms with van der Waals surface area (Å²) >= 11 is 0. The largest absolute Gasteiger partial charge is 0.504 e. The number of phenols is 1. The van der Waals surface area contributed by atoms with Gasteiger partial charge in [-0.2, -0.15) is 0 Å². The van der Waals surface area contributed by atoms with Crippen molar-refractivity contribution in [3.8, 4) is 11.5 Å². The first-order valence-electron chi connectivity index (χ1n) is 13.3. The summed E-state index contributed by atoms with van der Waals surface area (Å²) in [7, 11) is 1.83. The van der Waals surface area contributed by atoms with Gasteiger partial charge in [0.1, 0.15) is 6.10 Å². The Hall–Kier alpha value is -2.90. The highest BCUT2D eigenvalue weighted by atomic mass is 16.5. The number of phenolic OH excluding ortho intramolecular Hbond substituents is 1. The maximum atomic E-state index is 13.3. The minimum absolute atomic E-state index is 0.0355. The van der Waals surface area contributed by atoms with E-state index in [2.05, 4.69) is 9.88 Å². The predicted molar refractivity (Wildman–Crippen MR) is 135 cm³/mol. The topological polar surface area (TPSA) is 86.1 Å². The van der Waals surface area contributed by atoms with Crippen LogP contribution in [0.3, 0.4) is 0 Å². The van der Waals surface area contributed by atoms with Crippen LogP contribution in [0.15, 0.2) is 42.7 Å². The molecule has 7 nitrogen and oxygen atoms in total. The second kappa shape index (κ2) is 7.80. The Morgan fingerprint density at radius 3 is 2.92 bits per heavy atom. The molecule has 5 aliphatic rings. The first kappa shape index (κ1) is 22.3. The van der Waals surface area contributed by atoms with E-state index in [9.17, 15) is 15.0 Å². The van der Waals surface area contributed by atoms with Crippen LogP contribution in [0.5, 0.6) is 11.5 Å². The molecule has 2 aromatic rings. The predicted octanol–water partition coefficient (Wildman–Crippen LogP) is 2.89. The van der Waals surface area contributed by atoms with Gasteiger partial charge in [0.15, 0.2) is 11.5 Å². The zero-order chi connectivity index (χ0) is 24.7. The molecule has 1 aromatic heterocycles. The molecule has 0 radical (unpaired) electrons. The highest BCUT2D eigenvalue weighted by Gasteiger charge is 2.73. The third kappa shape index (κ3) is 2.99. The number of amides is 1. The fraction of sp³-hybridized carbons (Fsp3) is 0.517. The maximum absolute atomic E-state index is 13.3. The fourth-order valence-electron chi connectivity index (χ4n) is 7.78. The van der Waals surface area contributed by atoms with Gasteiger partial charge in [-0.3, -0.25) is 14.7 Å². The number of likely N-dealkylation sites (tertiary alicyclic amines) is 1. The number of pyridine rings is 1. The van der Waals surface area contributed by atoms with Gasteiger partial charge >= 0.3 is 0 Å². The van der Waals surface area contributed by atoms with Crippen LogP contribution >= 0.6 is 0 Å². The Bertz CT molecular complexity index is 1240. The molecule has 3 heterocycles. The number of hydrogen-bond donors (Lipinski definition) is 2. The Balaban J connectivity index is 1.26. The van der Waals surface area contributed by atoms with Gasteiger partial charge < -0.3 is 19.8 Å². The zero-order valence-corrected chi connectivity index (χ0v) is 20.6. The number of benzene rings is 1. The molecule has 1 aromatic carbocycles. The Kier molecular flexibility index (Phi) is 4.83. The molecule has 2 N–H and O–H groups in total. The molecule has 2 aliphatic heterocycles. The van der Waals surface area contributed by atoms with E-state index in [0.717, 1.165) is 43.0 Å². The number of likely N-dealkylation sites (N-methyl/N-ethyl adjacent to an activating group) is 1. The normalized spacial score (nSPS) is 34.3. The number of carbonyl (C=O) groups excluding carboxylic acids is 1. The molecule has 1 amide bonds. The third-order valence-corrected chi connectivity index (χ3v) is 9.68. The van der Waals surface area contributed by atoms with Crippen LogP contribution < -0.4 is 4.74 Å². The van der Waals surface area contributed by atoms with E-state index in [0.29, 0.717) is 18.6 Å². The average Bonchev–Trinajstić information content (AvgIpc) is 3.63. The lowest BCUT2D eigenvalue weighted by Crippen LogP contribution is -2.78. The van der Waals surface area contributed by atoms with E-state index in [1.165, 1.54) is 18.4 Å². The van der Waals surface area contributed by atoms with E-state index in [1.54, 1.807) is 35.5 Å². The lowest BCUT2D eigenvalue weighted by atomic mass is 9.48. The molecule has 3 fully saturated rings. The van der Waals surface area contributed by atoms with Crippen LogP contribution in [-0.2, 0) is 16.6 Å². The molecule has 1 spiro atoms. The Morgan fingerprint density at radius 1 is 1.28 bits per heavy atom. The summed E-state index contributed by atoms with van der Waals surface area (Å²) in [4.78, 5) is 21.7. The van der Waals surface area contributed by atoms with Gasteiger partial charge in [-0.25, -0.2) is 0 Å². The summed E-state index contributed by atoms with van der Waals surface area (Å²) < 4.78 is 6.59. The van der Waals surface area contributed by atoms with Crippen molar-refractivity contribution in [2.75, 3.05) is 20.1 Å². The Morgan fingerprint density at radius 2 is 2.14 bits per heavy atom. The monoisotopic (exact) mass is 487 g/mol. The first-order valence-corrected chi connectivity index (χ1v) is 13.3. The summed E-state index contributed by atoms with van der Waals surface area (Å²) in [5.41, 5.74) is 1.47. The maximum Gasteiger partial charge on any atom is 0.246 e. The van der Waals surface area contributed by atoms with Gasteiger partial charge in [0.2, 0.25) is 5.91 Å². The van der Waals surface area contributed by atoms with Crippen molar-refractivity contribution in [3.05, 3.63) is 59.4 Å². The van der Waals surface area contributed by atoms with Crippen LogP contribution in [0, 0.1) is 5.92 Å². The van der Waals surface area contributed by atoms with E-state index >= 15 is 0 Å². The summed E-state index contributed by atoms with van der Waals surface area (Å²) in [6, 6.07) is 7.34. The second-order valence-corrected chi connectivity index (χ2v) is 11.5. The number of nitrogens with zero attached hydrogens (tertiary/aromatic N) is 3. The van der Waals surface area contributed by atoms with E-state index < -0.39 is 17.1 Å². The quantitative estimate of drug-likeness (QED) is 0.631. The van der Waals surface area contributed by atoms with Crippen molar-refractivity contribution in [2.45, 2.75) is 67.7 Å². The molecule has 7 rings (SSSR count). The van der Waals surface area contributed by atoms with Gasteiger partial charge in [-0.1, -0.05) is 12.1 Å². The van der Waals surface area contributed by atoms with E-state index in [4.69, 9.17) is 4.74 Å². The van der Waals surface area contributed by atoms with E-state index in [1.807, 2.05) is 25.2 Å². The van der Waals surface area contributed by atoms with Gasteiger partial charge in [0.25, 0.3) is 0 Å². The molecule has 36 heavy (non-hydrogen) atoms. The van der Waals surface area contributed by atoms with Gasteiger partial charge in [0, 0.05) is 43.7 Å². The van der Waals surface area contributed by atoms with E-state index in [-0.39, 0.29) is 23.7 Å². The Labute approximate surface area is 211 Å². The van der Waals surface area contributed by atoms with Crippen LogP contribution in [-0.4, -0.2) is 74.8 Å². The van der Waals surface area contributed by atoms with Crippen LogP contribution in [0.1, 0.15) is 48.8 Å². The van der Waals surface area contributed by atoms with Crippen LogP contribution in [0.25, 0.3) is 6.08 Å². The van der Waals surface area contributed by atoms with Gasteiger partial charge in [0.05, 0.1) is 17.1 Å². The first-order chi connectivity index (χ1) is 17.4. The van der Waals surface area contributed by atoms with Crippen LogP contribution in [0.2, 0.25) is 0 Å². The number of aromatic nitrogens is 1. The molecule has 0 unspecified atom stereocenters. The molecule has 3 aliphatic carbocycles. The molecular formula is C29H33N3O4. The lowest BCUT2D eigenvalue weighted by molar-refractivity contribution is -0.200. The second-order valence-electron chi connectivity index (χ2n) is 11.5. The molecule has 7 heteroatoms. The molecular weight excluding hydrogens is 454 g/mol. The number of rotatable bonds is 5. The molecule has 1 saturated heterocycles. The number of aliphatic hydroxyl groups is 1. The number of piperidine rings is 1. The standard InChI is InChI=1S/C29H33N3O4/c1-31(24(34)9-6-18-3-2-13-30-16-18)21-10-11-29(35)23-15-20-7-8-22(33)26-25(20)28(29,27(21)36-26)12-14-32(23)17-19-4-5-19/h2-3,6-9,13,16,19,21,23,27,33,35H,4-5,10-12,14-15,17H2,1H3/t21-,23+,27-,28-,29+/m0/s1. The smallest absolute Gasteiger partial charge is 0.246 e. The molecule has 5 atom stereocenters. The number of aromatic hydroxyl groups is 1. The number of ether oxygens (including phenoxy) is 1. The highest BCUT2D eigenvalue weighted by molar-refractivity contribution is 5.92. The zero-order valence-electron chi connectivity index (χ0n) is 20.6. The SMILES string of the molecule is CN(C(=O)C=Cc1cccnc1)[C@H]1CC[C@@]2(O)[C@H]3Cc4ccc(O)c5c4[C@@]2(CCN3CC2CC2)[C@H]1O5. The minimum atomic E-state index is -0.942. The molecule has 188 valence electrons.